The summed E-state index contributed by atoms with van der Waals surface area (Å²) in [5, 5.41) is 3.34. The van der Waals surface area contributed by atoms with Crippen LogP contribution in [0, 0.1) is 12.7 Å². The average Bonchev–Trinajstić information content (AvgIpc) is 2.56. The SMILES string of the molecule is CNC1CCCN(C2CCCN(c3ccc(F)cc3C)C2=O)C1. The Morgan fingerprint density at radius 3 is 2.74 bits per heavy atom. The molecule has 1 amide bonds. The first-order valence-corrected chi connectivity index (χ1v) is 8.59. The van der Waals surface area contributed by atoms with Crippen LogP contribution in [0.2, 0.25) is 0 Å². The lowest BCUT2D eigenvalue weighted by molar-refractivity contribution is -0.126. The van der Waals surface area contributed by atoms with E-state index in [0.717, 1.165) is 50.1 Å². The Labute approximate surface area is 137 Å². The van der Waals surface area contributed by atoms with E-state index in [1.165, 1.54) is 18.6 Å². The normalized spacial score (nSPS) is 26.6. The molecule has 0 bridgehead atoms. The Kier molecular flexibility index (Phi) is 4.97. The highest BCUT2D eigenvalue weighted by molar-refractivity contribution is 5.98. The molecule has 3 rings (SSSR count). The minimum absolute atomic E-state index is 0.0376. The van der Waals surface area contributed by atoms with Crippen LogP contribution in [0.5, 0.6) is 0 Å². The van der Waals surface area contributed by atoms with Crippen LogP contribution in [-0.4, -0.2) is 49.6 Å². The average molecular weight is 319 g/mol. The van der Waals surface area contributed by atoms with E-state index in [2.05, 4.69) is 10.2 Å². The van der Waals surface area contributed by atoms with E-state index in [0.29, 0.717) is 6.04 Å². The highest BCUT2D eigenvalue weighted by Gasteiger charge is 2.36. The Morgan fingerprint density at radius 1 is 1.22 bits per heavy atom. The van der Waals surface area contributed by atoms with Gasteiger partial charge in [-0.05, 0) is 70.0 Å². The monoisotopic (exact) mass is 319 g/mol. The van der Waals surface area contributed by atoms with Gasteiger partial charge < -0.3 is 10.2 Å². The summed E-state index contributed by atoms with van der Waals surface area (Å²) in [4.78, 5) is 17.2. The second-order valence-electron chi connectivity index (χ2n) is 6.70. The van der Waals surface area contributed by atoms with Crippen molar-refractivity contribution in [1.82, 2.24) is 10.2 Å². The summed E-state index contributed by atoms with van der Waals surface area (Å²) < 4.78 is 13.3. The Hall–Kier alpha value is -1.46. The van der Waals surface area contributed by atoms with Gasteiger partial charge in [0.25, 0.3) is 0 Å². The minimum Gasteiger partial charge on any atom is -0.316 e. The Morgan fingerprint density at radius 2 is 2.00 bits per heavy atom. The molecule has 2 aliphatic heterocycles. The number of likely N-dealkylation sites (N-methyl/N-ethyl adjacent to an activating group) is 1. The van der Waals surface area contributed by atoms with Crippen LogP contribution in [0.3, 0.4) is 0 Å². The molecule has 0 radical (unpaired) electrons. The molecule has 2 fully saturated rings. The van der Waals surface area contributed by atoms with Gasteiger partial charge in [0, 0.05) is 24.8 Å². The number of nitrogens with one attached hydrogen (secondary N) is 1. The first kappa shape index (κ1) is 16.4. The van der Waals surface area contributed by atoms with Crippen molar-refractivity contribution in [1.29, 1.82) is 0 Å². The van der Waals surface area contributed by atoms with Crippen molar-refractivity contribution < 1.29 is 9.18 Å². The lowest BCUT2D eigenvalue weighted by atomic mass is 9.97. The summed E-state index contributed by atoms with van der Waals surface area (Å²) in [5.74, 6) is -0.0807. The number of anilines is 1. The summed E-state index contributed by atoms with van der Waals surface area (Å²) in [5.41, 5.74) is 1.68. The molecule has 2 saturated heterocycles. The minimum atomic E-state index is -0.250. The molecule has 2 aliphatic rings. The standard InChI is InChI=1S/C18H26FN3O/c1-13-11-14(19)7-8-16(13)22-10-4-6-17(18(22)23)21-9-3-5-15(12-21)20-2/h7-8,11,15,17,20H,3-6,9-10,12H2,1-2H3. The van der Waals surface area contributed by atoms with Crippen LogP contribution in [0.1, 0.15) is 31.2 Å². The number of piperidine rings is 2. The van der Waals surface area contributed by atoms with Crippen molar-refractivity contribution in [3.05, 3.63) is 29.6 Å². The third kappa shape index (κ3) is 3.40. The highest BCUT2D eigenvalue weighted by Crippen LogP contribution is 2.28. The highest BCUT2D eigenvalue weighted by atomic mass is 19.1. The maximum Gasteiger partial charge on any atom is 0.244 e. The third-order valence-corrected chi connectivity index (χ3v) is 5.16. The molecule has 1 N–H and O–H groups in total. The lowest BCUT2D eigenvalue weighted by Crippen LogP contribution is -2.57. The summed E-state index contributed by atoms with van der Waals surface area (Å²) in [6.07, 6.45) is 4.22. The molecule has 0 aromatic heterocycles. The van der Waals surface area contributed by atoms with Crippen LogP contribution in [0.15, 0.2) is 18.2 Å². The second kappa shape index (κ2) is 6.97. The van der Waals surface area contributed by atoms with Gasteiger partial charge in [-0.3, -0.25) is 9.69 Å². The fraction of sp³-hybridized carbons (Fsp3) is 0.611. The molecule has 0 spiro atoms. The molecule has 5 heteroatoms. The Bertz CT molecular complexity index is 577. The van der Waals surface area contributed by atoms with Gasteiger partial charge in [-0.2, -0.15) is 0 Å². The van der Waals surface area contributed by atoms with Gasteiger partial charge in [-0.1, -0.05) is 0 Å². The third-order valence-electron chi connectivity index (χ3n) is 5.16. The number of benzene rings is 1. The fourth-order valence-electron chi connectivity index (χ4n) is 3.88. The molecule has 4 nitrogen and oxygen atoms in total. The molecule has 1 aromatic carbocycles. The predicted molar refractivity (Wildman–Crippen MR) is 90.2 cm³/mol. The van der Waals surface area contributed by atoms with Gasteiger partial charge in [0.15, 0.2) is 0 Å². The van der Waals surface area contributed by atoms with Crippen molar-refractivity contribution >= 4 is 11.6 Å². The number of halogens is 1. The number of carbonyl (C=O) groups excluding carboxylic acids is 1. The predicted octanol–water partition coefficient (Wildman–Crippen LogP) is 2.31. The van der Waals surface area contributed by atoms with Crippen LogP contribution in [-0.2, 0) is 4.79 Å². The number of nitrogens with zero attached hydrogens (tertiary/aromatic N) is 2. The molecular formula is C18H26FN3O. The summed E-state index contributed by atoms with van der Waals surface area (Å²) in [6.45, 7) is 4.52. The maximum absolute atomic E-state index is 13.3. The topological polar surface area (TPSA) is 35.6 Å². The van der Waals surface area contributed by atoms with Crippen molar-refractivity contribution in [2.45, 2.75) is 44.7 Å². The first-order chi connectivity index (χ1) is 11.1. The quantitative estimate of drug-likeness (QED) is 0.929. The van der Waals surface area contributed by atoms with Gasteiger partial charge in [0.2, 0.25) is 5.91 Å². The van der Waals surface area contributed by atoms with Gasteiger partial charge >= 0.3 is 0 Å². The largest absolute Gasteiger partial charge is 0.316 e. The number of rotatable bonds is 3. The molecule has 2 atom stereocenters. The van der Waals surface area contributed by atoms with Crippen molar-refractivity contribution in [2.24, 2.45) is 0 Å². The summed E-state index contributed by atoms with van der Waals surface area (Å²) in [6, 6.07) is 5.11. The maximum atomic E-state index is 13.3. The van der Waals surface area contributed by atoms with E-state index < -0.39 is 0 Å². The zero-order chi connectivity index (χ0) is 16.4. The molecule has 23 heavy (non-hydrogen) atoms. The van der Waals surface area contributed by atoms with E-state index in [-0.39, 0.29) is 17.8 Å². The van der Waals surface area contributed by atoms with E-state index in [4.69, 9.17) is 0 Å². The molecule has 1 aromatic rings. The lowest BCUT2D eigenvalue weighted by Gasteiger charge is -2.42. The molecule has 2 unspecified atom stereocenters. The van der Waals surface area contributed by atoms with E-state index in [1.54, 1.807) is 6.07 Å². The zero-order valence-electron chi connectivity index (χ0n) is 14.0. The number of hydrogen-bond acceptors (Lipinski definition) is 3. The van der Waals surface area contributed by atoms with Crippen molar-refractivity contribution in [2.75, 3.05) is 31.6 Å². The van der Waals surface area contributed by atoms with E-state index in [1.807, 2.05) is 18.9 Å². The fourth-order valence-corrected chi connectivity index (χ4v) is 3.88. The van der Waals surface area contributed by atoms with Gasteiger partial charge in [-0.25, -0.2) is 4.39 Å². The van der Waals surface area contributed by atoms with E-state index >= 15 is 0 Å². The van der Waals surface area contributed by atoms with Gasteiger partial charge in [0.05, 0.1) is 6.04 Å². The Balaban J connectivity index is 1.78. The van der Waals surface area contributed by atoms with Crippen molar-refractivity contribution in [3.63, 3.8) is 0 Å². The van der Waals surface area contributed by atoms with Crippen LogP contribution in [0.25, 0.3) is 0 Å². The zero-order valence-corrected chi connectivity index (χ0v) is 14.0. The first-order valence-electron chi connectivity index (χ1n) is 8.59. The number of carbonyl (C=O) groups is 1. The number of aryl methyl sites for hydroxylation is 1. The smallest absolute Gasteiger partial charge is 0.244 e. The van der Waals surface area contributed by atoms with Crippen molar-refractivity contribution in [3.8, 4) is 0 Å². The molecule has 0 saturated carbocycles. The molecule has 0 aliphatic carbocycles. The van der Waals surface area contributed by atoms with E-state index in [9.17, 15) is 9.18 Å². The van der Waals surface area contributed by atoms with Gasteiger partial charge in [-0.15, -0.1) is 0 Å². The summed E-state index contributed by atoms with van der Waals surface area (Å²) >= 11 is 0. The number of amides is 1. The second-order valence-corrected chi connectivity index (χ2v) is 6.70. The number of hydrogen-bond donors (Lipinski definition) is 1. The molecule has 126 valence electrons. The molecule has 2 heterocycles. The van der Waals surface area contributed by atoms with Crippen LogP contribution in [0.4, 0.5) is 10.1 Å². The van der Waals surface area contributed by atoms with Crippen LogP contribution >= 0.6 is 0 Å². The van der Waals surface area contributed by atoms with Gasteiger partial charge in [0.1, 0.15) is 5.82 Å². The number of likely N-dealkylation sites (tertiary alicyclic amines) is 1. The summed E-state index contributed by atoms with van der Waals surface area (Å²) in [7, 11) is 1.99. The molecular weight excluding hydrogens is 293 g/mol. The van der Waals surface area contributed by atoms with Crippen LogP contribution < -0.4 is 10.2 Å².